The van der Waals surface area contributed by atoms with Crippen LogP contribution in [0, 0.1) is 0 Å². The Labute approximate surface area is 214 Å². The smallest absolute Gasteiger partial charge is 0.306 e. The van der Waals surface area contributed by atoms with E-state index in [1.165, 1.54) is 25.8 Å². The first-order chi connectivity index (χ1) is 17.5. The van der Waals surface area contributed by atoms with E-state index >= 15 is 0 Å². The number of nitrogens with one attached hydrogen (secondary N) is 2. The van der Waals surface area contributed by atoms with E-state index in [4.69, 9.17) is 15.2 Å². The van der Waals surface area contributed by atoms with Crippen molar-refractivity contribution in [2.45, 2.75) is 51.0 Å². The predicted octanol–water partition coefficient (Wildman–Crippen LogP) is 0.799. The molecular formula is C26H30N4O7. The number of nitrogens with two attached hydrogens (primary N) is 1. The van der Waals surface area contributed by atoms with Crippen LogP contribution >= 0.6 is 0 Å². The summed E-state index contributed by atoms with van der Waals surface area (Å²) in [7, 11) is 1.52. The van der Waals surface area contributed by atoms with E-state index in [1.54, 1.807) is 36.4 Å². The summed E-state index contributed by atoms with van der Waals surface area (Å²) in [5.74, 6) is -3.24. The van der Waals surface area contributed by atoms with Crippen LogP contribution in [-0.4, -0.2) is 54.3 Å². The van der Waals surface area contributed by atoms with Crippen molar-refractivity contribution in [1.29, 1.82) is 0 Å². The minimum atomic E-state index is -1.91. The largest absolute Gasteiger partial charge is 0.466 e. The van der Waals surface area contributed by atoms with Crippen molar-refractivity contribution in [1.82, 2.24) is 10.6 Å². The molecule has 0 spiro atoms. The maximum Gasteiger partial charge on any atom is 0.306 e. The van der Waals surface area contributed by atoms with Gasteiger partial charge in [0.1, 0.15) is 24.4 Å². The van der Waals surface area contributed by atoms with Crippen LogP contribution in [0.5, 0.6) is 5.75 Å². The number of rotatable bonds is 10. The SMILES string of the molecule is C[C@H](NC(=O)C1(C)Oc2ccccc2N(C)C1=O)C(=O)N[C@H](CCC(=O)OCc1ccccc1)C(N)=O. The van der Waals surface area contributed by atoms with E-state index in [-0.39, 0.29) is 19.4 Å². The average molecular weight is 511 g/mol. The van der Waals surface area contributed by atoms with Gasteiger partial charge in [-0.1, -0.05) is 42.5 Å². The quantitative estimate of drug-likeness (QED) is 0.315. The molecule has 1 unspecified atom stereocenters. The highest BCUT2D eigenvalue weighted by Gasteiger charge is 2.50. The van der Waals surface area contributed by atoms with Crippen LogP contribution in [0.15, 0.2) is 54.6 Å². The van der Waals surface area contributed by atoms with Crippen LogP contribution in [0.1, 0.15) is 32.3 Å². The normalized spacial score (nSPS) is 18.0. The van der Waals surface area contributed by atoms with Crippen molar-refractivity contribution in [3.8, 4) is 5.75 Å². The van der Waals surface area contributed by atoms with Gasteiger partial charge in [-0.2, -0.15) is 0 Å². The second kappa shape index (κ2) is 11.5. The van der Waals surface area contributed by atoms with Crippen LogP contribution < -0.4 is 26.0 Å². The molecule has 1 heterocycles. The molecule has 0 bridgehead atoms. The zero-order chi connectivity index (χ0) is 27.2. The van der Waals surface area contributed by atoms with Crippen LogP contribution in [0.3, 0.4) is 0 Å². The van der Waals surface area contributed by atoms with E-state index < -0.39 is 47.3 Å². The fourth-order valence-electron chi connectivity index (χ4n) is 3.71. The van der Waals surface area contributed by atoms with Gasteiger partial charge in [0, 0.05) is 13.5 Å². The molecule has 3 atom stereocenters. The molecule has 0 aromatic heterocycles. The molecule has 0 fully saturated rings. The van der Waals surface area contributed by atoms with Crippen molar-refractivity contribution >= 4 is 35.3 Å². The number of fused-ring (bicyclic) bond motifs is 1. The van der Waals surface area contributed by atoms with Gasteiger partial charge in [-0.15, -0.1) is 0 Å². The molecule has 11 heteroatoms. The first-order valence-corrected chi connectivity index (χ1v) is 11.7. The summed E-state index contributed by atoms with van der Waals surface area (Å²) in [6, 6.07) is 13.5. The molecule has 4 amide bonds. The molecule has 2 aromatic rings. The molecule has 1 aliphatic rings. The molecule has 1 aliphatic heterocycles. The van der Waals surface area contributed by atoms with Crippen molar-refractivity contribution < 1.29 is 33.4 Å². The molecule has 0 aliphatic carbocycles. The molecular weight excluding hydrogens is 480 g/mol. The van der Waals surface area contributed by atoms with Gasteiger partial charge >= 0.3 is 5.97 Å². The Bertz CT molecular complexity index is 1190. The zero-order valence-corrected chi connectivity index (χ0v) is 20.9. The molecule has 0 saturated heterocycles. The van der Waals surface area contributed by atoms with E-state index in [0.29, 0.717) is 11.4 Å². The summed E-state index contributed by atoms with van der Waals surface area (Å²) in [4.78, 5) is 63.8. The Morgan fingerprint density at radius 3 is 2.38 bits per heavy atom. The molecule has 0 radical (unpaired) electrons. The second-order valence-corrected chi connectivity index (χ2v) is 8.81. The highest BCUT2D eigenvalue weighted by Crippen LogP contribution is 2.36. The topological polar surface area (TPSA) is 157 Å². The first kappa shape index (κ1) is 27.2. The number of likely N-dealkylation sites (N-methyl/N-ethyl adjacent to an activating group) is 1. The number of esters is 1. The minimum absolute atomic E-state index is 0.0789. The summed E-state index contributed by atoms with van der Waals surface area (Å²) >= 11 is 0. The maximum atomic E-state index is 13.0. The van der Waals surface area contributed by atoms with Gasteiger partial charge in [-0.05, 0) is 38.0 Å². The highest BCUT2D eigenvalue weighted by atomic mass is 16.5. The third-order valence-corrected chi connectivity index (χ3v) is 5.97. The fourth-order valence-corrected chi connectivity index (χ4v) is 3.71. The lowest BCUT2D eigenvalue weighted by Crippen LogP contribution is -2.64. The minimum Gasteiger partial charge on any atom is -0.466 e. The maximum absolute atomic E-state index is 13.0. The van der Waals surface area contributed by atoms with E-state index in [1.807, 2.05) is 18.2 Å². The molecule has 0 saturated carbocycles. The first-order valence-electron chi connectivity index (χ1n) is 11.7. The van der Waals surface area contributed by atoms with Crippen molar-refractivity contribution in [3.63, 3.8) is 0 Å². The van der Waals surface area contributed by atoms with Gasteiger partial charge in [-0.25, -0.2) is 0 Å². The monoisotopic (exact) mass is 510 g/mol. The molecule has 37 heavy (non-hydrogen) atoms. The Kier molecular flexibility index (Phi) is 8.49. The highest BCUT2D eigenvalue weighted by molar-refractivity contribution is 6.16. The lowest BCUT2D eigenvalue weighted by atomic mass is 10.00. The summed E-state index contributed by atoms with van der Waals surface area (Å²) in [5, 5.41) is 4.88. The number of carbonyl (C=O) groups excluding carboxylic acids is 5. The Morgan fingerprint density at radius 2 is 1.70 bits per heavy atom. The number of hydrogen-bond donors (Lipinski definition) is 3. The second-order valence-electron chi connectivity index (χ2n) is 8.81. The van der Waals surface area contributed by atoms with Crippen molar-refractivity contribution in [2.75, 3.05) is 11.9 Å². The number of carbonyl (C=O) groups is 5. The zero-order valence-electron chi connectivity index (χ0n) is 20.9. The number of primary amides is 1. The lowest BCUT2D eigenvalue weighted by Gasteiger charge is -2.38. The Balaban J connectivity index is 1.55. The van der Waals surface area contributed by atoms with Crippen LogP contribution in [0.2, 0.25) is 0 Å². The van der Waals surface area contributed by atoms with E-state index in [9.17, 15) is 24.0 Å². The summed E-state index contributed by atoms with van der Waals surface area (Å²) in [6.07, 6.45) is -0.246. The van der Waals surface area contributed by atoms with Crippen LogP contribution in [0.4, 0.5) is 5.69 Å². The molecule has 11 nitrogen and oxygen atoms in total. The number of para-hydroxylation sites is 2. The third-order valence-electron chi connectivity index (χ3n) is 5.97. The van der Waals surface area contributed by atoms with E-state index in [0.717, 1.165) is 5.56 Å². The van der Waals surface area contributed by atoms with Crippen molar-refractivity contribution in [3.05, 3.63) is 60.2 Å². The van der Waals surface area contributed by atoms with E-state index in [2.05, 4.69) is 10.6 Å². The number of ether oxygens (including phenoxy) is 2. The lowest BCUT2D eigenvalue weighted by molar-refractivity contribution is -0.149. The number of benzene rings is 2. The van der Waals surface area contributed by atoms with Gasteiger partial charge in [-0.3, -0.25) is 24.0 Å². The Morgan fingerprint density at radius 1 is 1.05 bits per heavy atom. The summed E-state index contributed by atoms with van der Waals surface area (Å²) in [5.41, 5.74) is 4.80. The van der Waals surface area contributed by atoms with Crippen LogP contribution in [0.25, 0.3) is 0 Å². The standard InChI is InChI=1S/C26H30N4O7/c1-16(28-24(34)26(2)25(35)30(3)19-11-7-8-12-20(19)37-26)23(33)29-18(22(27)32)13-14-21(31)36-15-17-9-5-4-6-10-17/h4-12,16,18H,13-15H2,1-3H3,(H2,27,32)(H,28,34)(H,29,33)/t16-,18+,26?/m0/s1. The third kappa shape index (κ3) is 6.43. The average Bonchev–Trinajstić information content (AvgIpc) is 2.88. The fraction of sp³-hybridized carbons (Fsp3) is 0.346. The molecule has 4 N–H and O–H groups in total. The van der Waals surface area contributed by atoms with Gasteiger partial charge in [0.25, 0.3) is 17.4 Å². The number of hydrogen-bond acceptors (Lipinski definition) is 7. The Hall–Kier alpha value is -4.41. The molecule has 196 valence electrons. The predicted molar refractivity (Wildman–Crippen MR) is 133 cm³/mol. The number of anilines is 1. The van der Waals surface area contributed by atoms with Gasteiger partial charge < -0.3 is 30.7 Å². The van der Waals surface area contributed by atoms with Gasteiger partial charge in [0.05, 0.1) is 5.69 Å². The van der Waals surface area contributed by atoms with Crippen LogP contribution in [-0.2, 0) is 35.3 Å². The van der Waals surface area contributed by atoms with Crippen molar-refractivity contribution in [2.24, 2.45) is 5.73 Å². The number of amides is 4. The summed E-state index contributed by atoms with van der Waals surface area (Å²) in [6.45, 7) is 2.78. The number of nitrogens with zero attached hydrogens (tertiary/aromatic N) is 1. The van der Waals surface area contributed by atoms with Gasteiger partial charge in [0.15, 0.2) is 0 Å². The molecule has 2 aromatic carbocycles. The molecule has 3 rings (SSSR count). The van der Waals surface area contributed by atoms with Gasteiger partial charge in [0.2, 0.25) is 11.8 Å². The summed E-state index contributed by atoms with van der Waals surface area (Å²) < 4.78 is 10.9.